The van der Waals surface area contributed by atoms with Gasteiger partial charge in [0.2, 0.25) is 6.17 Å². The van der Waals surface area contributed by atoms with Crippen molar-refractivity contribution in [2.75, 3.05) is 12.4 Å². The Labute approximate surface area is 122 Å². The maximum atomic E-state index is 12.0. The van der Waals surface area contributed by atoms with E-state index in [1.807, 2.05) is 30.3 Å². The number of carbonyl (C=O) groups is 2. The van der Waals surface area contributed by atoms with Gasteiger partial charge in [0.05, 0.1) is 0 Å². The van der Waals surface area contributed by atoms with E-state index in [0.29, 0.717) is 18.8 Å². The Morgan fingerprint density at radius 3 is 2.70 bits per heavy atom. The number of hydrogen-bond acceptors (Lipinski definition) is 3. The number of imide groups is 1. The quantitative estimate of drug-likeness (QED) is 0.377. The Balaban J connectivity index is 1.96. The van der Waals surface area contributed by atoms with Crippen LogP contribution in [0.2, 0.25) is 0 Å². The van der Waals surface area contributed by atoms with Crippen LogP contribution < -0.4 is 5.32 Å². The van der Waals surface area contributed by atoms with Crippen LogP contribution in [-0.2, 0) is 4.79 Å². The van der Waals surface area contributed by atoms with Crippen molar-refractivity contribution in [2.45, 2.75) is 19.0 Å². The molecular weight excluding hydrogens is 278 g/mol. The van der Waals surface area contributed by atoms with Crippen molar-refractivity contribution >= 4 is 29.8 Å². The second kappa shape index (κ2) is 7.05. The molecule has 1 heterocycles. The lowest BCUT2D eigenvalue weighted by Gasteiger charge is -2.10. The number of halogens is 1. The zero-order chi connectivity index (χ0) is 14.4. The first-order valence-corrected chi connectivity index (χ1v) is 7.02. The minimum Gasteiger partial charge on any atom is -0.308 e. The Bertz CT molecular complexity index is 504. The number of nitrogens with zero attached hydrogens (tertiary/aromatic N) is 2. The van der Waals surface area contributed by atoms with Crippen LogP contribution in [-0.4, -0.2) is 41.6 Å². The highest BCUT2D eigenvalue weighted by Crippen LogP contribution is 2.09. The molecule has 1 atom stereocenters. The van der Waals surface area contributed by atoms with E-state index < -0.39 is 6.17 Å². The molecule has 1 aromatic rings. The number of alkyl halides is 1. The largest absolute Gasteiger partial charge is 0.326 e. The third-order valence-corrected chi connectivity index (χ3v) is 3.21. The van der Waals surface area contributed by atoms with Gasteiger partial charge in [-0.15, -0.1) is 11.6 Å². The van der Waals surface area contributed by atoms with E-state index in [2.05, 4.69) is 10.3 Å². The standard InChI is InChI=1S/C14H16ClN3O2/c15-8-4-5-9-18-13(19)12(17-14(18)20)16-10-11-6-2-1-3-7-11/h1-3,6-7,10,12H,4-5,8-9H2,(H,17,20). The number of benzene rings is 1. The van der Waals surface area contributed by atoms with Gasteiger partial charge in [-0.25, -0.2) is 4.79 Å². The first-order chi connectivity index (χ1) is 9.72. The van der Waals surface area contributed by atoms with Crippen LogP contribution in [0, 0.1) is 0 Å². The predicted molar refractivity (Wildman–Crippen MR) is 78.0 cm³/mol. The molecule has 1 aromatic carbocycles. The van der Waals surface area contributed by atoms with Crippen LogP contribution in [0.3, 0.4) is 0 Å². The molecule has 0 spiro atoms. The average Bonchev–Trinajstić information content (AvgIpc) is 2.74. The van der Waals surface area contributed by atoms with Gasteiger partial charge in [-0.3, -0.25) is 14.7 Å². The van der Waals surface area contributed by atoms with Crippen molar-refractivity contribution in [3.8, 4) is 0 Å². The normalized spacial score (nSPS) is 18.9. The van der Waals surface area contributed by atoms with Gasteiger partial charge in [0.25, 0.3) is 5.91 Å². The highest BCUT2D eigenvalue weighted by Gasteiger charge is 2.36. The van der Waals surface area contributed by atoms with E-state index in [9.17, 15) is 9.59 Å². The van der Waals surface area contributed by atoms with E-state index in [-0.39, 0.29) is 11.9 Å². The molecule has 2 rings (SSSR count). The molecule has 1 saturated heterocycles. The van der Waals surface area contributed by atoms with E-state index in [1.54, 1.807) is 6.21 Å². The smallest absolute Gasteiger partial charge is 0.308 e. The molecule has 1 fully saturated rings. The maximum Gasteiger partial charge on any atom is 0.326 e. The SMILES string of the molecule is O=C1NC(N=Cc2ccccc2)C(=O)N1CCCCCl. The zero-order valence-electron chi connectivity index (χ0n) is 11.0. The Morgan fingerprint density at radius 1 is 1.25 bits per heavy atom. The van der Waals surface area contributed by atoms with Crippen molar-refractivity contribution in [2.24, 2.45) is 4.99 Å². The summed E-state index contributed by atoms with van der Waals surface area (Å²) in [5.74, 6) is 0.218. The molecule has 6 heteroatoms. The molecule has 1 aliphatic heterocycles. The van der Waals surface area contributed by atoms with Crippen molar-refractivity contribution in [3.05, 3.63) is 35.9 Å². The lowest BCUT2D eigenvalue weighted by Crippen LogP contribution is -2.32. The fourth-order valence-electron chi connectivity index (χ4n) is 1.88. The summed E-state index contributed by atoms with van der Waals surface area (Å²) in [6.07, 6.45) is 2.25. The molecule has 1 unspecified atom stereocenters. The molecule has 1 N–H and O–H groups in total. The van der Waals surface area contributed by atoms with Gasteiger partial charge in [0, 0.05) is 18.6 Å². The van der Waals surface area contributed by atoms with E-state index in [4.69, 9.17) is 11.6 Å². The average molecular weight is 294 g/mol. The monoisotopic (exact) mass is 293 g/mol. The van der Waals surface area contributed by atoms with Gasteiger partial charge in [-0.05, 0) is 18.4 Å². The van der Waals surface area contributed by atoms with Gasteiger partial charge < -0.3 is 5.32 Å². The van der Waals surface area contributed by atoms with Crippen LogP contribution in [0.5, 0.6) is 0 Å². The van der Waals surface area contributed by atoms with Gasteiger partial charge in [0.15, 0.2) is 0 Å². The summed E-state index contributed by atoms with van der Waals surface area (Å²) < 4.78 is 0. The van der Waals surface area contributed by atoms with Crippen LogP contribution in [0.25, 0.3) is 0 Å². The van der Waals surface area contributed by atoms with Gasteiger partial charge >= 0.3 is 6.03 Å². The second-order valence-electron chi connectivity index (χ2n) is 4.43. The van der Waals surface area contributed by atoms with Crippen LogP contribution >= 0.6 is 11.6 Å². The summed E-state index contributed by atoms with van der Waals surface area (Å²) in [6.45, 7) is 0.384. The van der Waals surface area contributed by atoms with Gasteiger partial charge in [-0.1, -0.05) is 30.3 Å². The number of nitrogens with one attached hydrogen (secondary N) is 1. The molecule has 0 aromatic heterocycles. The van der Waals surface area contributed by atoms with Gasteiger partial charge in [0.1, 0.15) is 0 Å². The van der Waals surface area contributed by atoms with Crippen molar-refractivity contribution < 1.29 is 9.59 Å². The summed E-state index contributed by atoms with van der Waals surface area (Å²) in [7, 11) is 0. The van der Waals surface area contributed by atoms with Gasteiger partial charge in [-0.2, -0.15) is 0 Å². The predicted octanol–water partition coefficient (Wildman–Crippen LogP) is 2.00. The fourth-order valence-corrected chi connectivity index (χ4v) is 2.07. The second-order valence-corrected chi connectivity index (χ2v) is 4.80. The fraction of sp³-hybridized carbons (Fsp3) is 0.357. The molecule has 0 bridgehead atoms. The minimum atomic E-state index is -0.821. The molecule has 0 radical (unpaired) electrons. The summed E-state index contributed by atoms with van der Waals surface area (Å²) in [6, 6.07) is 9.04. The summed E-state index contributed by atoms with van der Waals surface area (Å²) >= 11 is 5.58. The molecule has 5 nitrogen and oxygen atoms in total. The number of amides is 3. The Kier molecular flexibility index (Phi) is 5.12. The summed E-state index contributed by atoms with van der Waals surface area (Å²) in [4.78, 5) is 29.0. The van der Waals surface area contributed by atoms with Crippen molar-refractivity contribution in [3.63, 3.8) is 0 Å². The number of aliphatic imine (C=N–C) groups is 1. The number of hydrogen-bond donors (Lipinski definition) is 1. The van der Waals surface area contributed by atoms with Crippen molar-refractivity contribution in [1.82, 2.24) is 10.2 Å². The van der Waals surface area contributed by atoms with Crippen molar-refractivity contribution in [1.29, 1.82) is 0 Å². The lowest BCUT2D eigenvalue weighted by molar-refractivity contribution is -0.127. The first-order valence-electron chi connectivity index (χ1n) is 6.48. The van der Waals surface area contributed by atoms with Crippen LogP contribution in [0.4, 0.5) is 4.79 Å². The summed E-state index contributed by atoms with van der Waals surface area (Å²) in [5, 5.41) is 2.56. The Morgan fingerprint density at radius 2 is 2.00 bits per heavy atom. The zero-order valence-corrected chi connectivity index (χ0v) is 11.7. The van der Waals surface area contributed by atoms with Crippen LogP contribution in [0.15, 0.2) is 35.3 Å². The molecule has 106 valence electrons. The third-order valence-electron chi connectivity index (χ3n) is 2.94. The number of urea groups is 1. The first kappa shape index (κ1) is 14.5. The number of unbranched alkanes of at least 4 members (excludes halogenated alkanes) is 1. The van der Waals surface area contributed by atoms with E-state index in [0.717, 1.165) is 12.0 Å². The summed E-state index contributed by atoms with van der Waals surface area (Å²) in [5.41, 5.74) is 0.884. The molecule has 20 heavy (non-hydrogen) atoms. The molecule has 1 aliphatic rings. The molecular formula is C14H16ClN3O2. The van der Waals surface area contributed by atoms with E-state index >= 15 is 0 Å². The minimum absolute atomic E-state index is 0.309. The highest BCUT2D eigenvalue weighted by atomic mass is 35.5. The highest BCUT2D eigenvalue weighted by molar-refractivity contribution is 6.17. The lowest BCUT2D eigenvalue weighted by atomic mass is 10.2. The van der Waals surface area contributed by atoms with Crippen LogP contribution in [0.1, 0.15) is 18.4 Å². The molecule has 3 amide bonds. The molecule has 0 saturated carbocycles. The topological polar surface area (TPSA) is 61.8 Å². The Hall–Kier alpha value is -1.88. The third kappa shape index (κ3) is 3.57. The maximum absolute atomic E-state index is 12.0. The number of rotatable bonds is 6. The van der Waals surface area contributed by atoms with E-state index in [1.165, 1.54) is 4.90 Å². The molecule has 0 aliphatic carbocycles. The number of carbonyl (C=O) groups excluding carboxylic acids is 2.